The maximum absolute atomic E-state index is 13.8. The molecule has 7 nitrogen and oxygen atoms in total. The van der Waals surface area contributed by atoms with E-state index in [1.54, 1.807) is 24.3 Å². The Labute approximate surface area is 201 Å². The normalized spacial score (nSPS) is 16.9. The molecule has 1 aliphatic heterocycles. The third-order valence-corrected chi connectivity index (χ3v) is 5.88. The maximum Gasteiger partial charge on any atom is 0.337 e. The number of nitrogens with zero attached hydrogens (tertiary/aromatic N) is 1. The standard InChI is InChI=1S/C27H22FNO6/c1-15-14-17(10-13-20(15)28)24(30)22-23(19-6-4-5-7-21(19)34-2)29(26(32)25(22)31)18-11-8-16(9-12-18)27(33)35-3/h4-14,23,30H,1-3H3/b24-22+. The summed E-state index contributed by atoms with van der Waals surface area (Å²) in [6.45, 7) is 1.53. The van der Waals surface area contributed by atoms with Gasteiger partial charge >= 0.3 is 5.97 Å². The van der Waals surface area contributed by atoms with Crippen LogP contribution in [0.2, 0.25) is 0 Å². The van der Waals surface area contributed by atoms with Crippen LogP contribution in [0.5, 0.6) is 5.75 Å². The number of methoxy groups -OCH3 is 2. The summed E-state index contributed by atoms with van der Waals surface area (Å²) in [5.74, 6) is -2.82. The van der Waals surface area contributed by atoms with Gasteiger partial charge in [0.05, 0.1) is 31.4 Å². The lowest BCUT2D eigenvalue weighted by Crippen LogP contribution is -2.29. The van der Waals surface area contributed by atoms with Crippen LogP contribution in [0.25, 0.3) is 5.76 Å². The maximum atomic E-state index is 13.8. The number of anilines is 1. The summed E-state index contributed by atoms with van der Waals surface area (Å²) in [6, 6.07) is 15.7. The van der Waals surface area contributed by atoms with Crippen molar-refractivity contribution in [2.75, 3.05) is 19.1 Å². The molecule has 1 unspecified atom stereocenters. The van der Waals surface area contributed by atoms with Gasteiger partial charge in [-0.3, -0.25) is 14.5 Å². The molecule has 1 fully saturated rings. The zero-order chi connectivity index (χ0) is 25.3. The van der Waals surface area contributed by atoms with E-state index in [1.807, 2.05) is 0 Å². The molecule has 1 N–H and O–H groups in total. The fourth-order valence-corrected chi connectivity index (χ4v) is 4.11. The van der Waals surface area contributed by atoms with Gasteiger partial charge in [0.25, 0.3) is 11.7 Å². The number of rotatable bonds is 5. The smallest absolute Gasteiger partial charge is 0.337 e. The van der Waals surface area contributed by atoms with Crippen LogP contribution in [-0.4, -0.2) is 37.0 Å². The van der Waals surface area contributed by atoms with Crippen molar-refractivity contribution in [1.82, 2.24) is 0 Å². The Hall–Kier alpha value is -4.46. The average Bonchev–Trinajstić information content (AvgIpc) is 3.14. The number of carbonyl (C=O) groups excluding carboxylic acids is 3. The number of amides is 1. The Morgan fingerprint density at radius 2 is 1.63 bits per heavy atom. The van der Waals surface area contributed by atoms with Gasteiger partial charge in [0.15, 0.2) is 0 Å². The van der Waals surface area contributed by atoms with Crippen molar-refractivity contribution < 1.29 is 33.4 Å². The number of hydrogen-bond acceptors (Lipinski definition) is 6. The molecule has 1 atom stereocenters. The second kappa shape index (κ2) is 9.42. The first-order valence-corrected chi connectivity index (χ1v) is 10.7. The number of ketones is 1. The summed E-state index contributed by atoms with van der Waals surface area (Å²) in [6.07, 6.45) is 0. The number of aliphatic hydroxyl groups is 1. The van der Waals surface area contributed by atoms with E-state index in [9.17, 15) is 23.9 Å². The lowest BCUT2D eigenvalue weighted by atomic mass is 9.94. The molecule has 0 bridgehead atoms. The predicted molar refractivity (Wildman–Crippen MR) is 127 cm³/mol. The van der Waals surface area contributed by atoms with Crippen molar-refractivity contribution in [1.29, 1.82) is 0 Å². The number of hydrogen-bond donors (Lipinski definition) is 1. The number of para-hydroxylation sites is 1. The molecule has 0 spiro atoms. The topological polar surface area (TPSA) is 93.1 Å². The highest BCUT2D eigenvalue weighted by molar-refractivity contribution is 6.51. The molecule has 0 saturated carbocycles. The zero-order valence-electron chi connectivity index (χ0n) is 19.2. The van der Waals surface area contributed by atoms with Crippen molar-refractivity contribution in [3.63, 3.8) is 0 Å². The molecule has 1 amide bonds. The summed E-state index contributed by atoms with van der Waals surface area (Å²) in [4.78, 5) is 39.6. The number of Topliss-reactive ketones (excluding diaryl/α,β-unsaturated/α-hetero) is 1. The number of halogens is 1. The van der Waals surface area contributed by atoms with E-state index in [4.69, 9.17) is 9.47 Å². The molecular weight excluding hydrogens is 453 g/mol. The molecule has 35 heavy (non-hydrogen) atoms. The van der Waals surface area contributed by atoms with Gasteiger partial charge in [0.1, 0.15) is 17.3 Å². The SMILES string of the molecule is COC(=O)c1ccc(N2C(=O)C(=O)/C(=C(/O)c3ccc(F)c(C)c3)C2c2ccccc2OC)cc1. The number of aryl methyl sites for hydroxylation is 1. The highest BCUT2D eigenvalue weighted by Gasteiger charge is 2.48. The van der Waals surface area contributed by atoms with E-state index >= 15 is 0 Å². The van der Waals surface area contributed by atoms with Gasteiger partial charge in [-0.1, -0.05) is 18.2 Å². The zero-order valence-corrected chi connectivity index (χ0v) is 19.2. The van der Waals surface area contributed by atoms with E-state index in [0.717, 1.165) is 0 Å². The van der Waals surface area contributed by atoms with Crippen LogP contribution in [0.3, 0.4) is 0 Å². The lowest BCUT2D eigenvalue weighted by Gasteiger charge is -2.26. The van der Waals surface area contributed by atoms with E-state index in [2.05, 4.69) is 0 Å². The monoisotopic (exact) mass is 475 g/mol. The molecule has 1 saturated heterocycles. The molecule has 0 aromatic heterocycles. The summed E-state index contributed by atoms with van der Waals surface area (Å²) < 4.78 is 24.0. The van der Waals surface area contributed by atoms with E-state index in [-0.39, 0.29) is 22.3 Å². The number of ether oxygens (including phenoxy) is 2. The second-order valence-corrected chi connectivity index (χ2v) is 7.91. The Morgan fingerprint density at radius 3 is 2.26 bits per heavy atom. The second-order valence-electron chi connectivity index (χ2n) is 7.91. The summed E-state index contributed by atoms with van der Waals surface area (Å²) in [5.41, 5.74) is 1.36. The van der Waals surface area contributed by atoms with Crippen LogP contribution < -0.4 is 9.64 Å². The largest absolute Gasteiger partial charge is 0.507 e. The van der Waals surface area contributed by atoms with Gasteiger partial charge in [-0.25, -0.2) is 9.18 Å². The molecular formula is C27H22FNO6. The van der Waals surface area contributed by atoms with Crippen LogP contribution in [0, 0.1) is 12.7 Å². The van der Waals surface area contributed by atoms with E-state index in [1.165, 1.54) is 68.5 Å². The van der Waals surface area contributed by atoms with Crippen molar-refractivity contribution in [2.24, 2.45) is 0 Å². The fraction of sp³-hybridized carbons (Fsp3) is 0.148. The molecule has 3 aromatic carbocycles. The quantitative estimate of drug-likeness (QED) is 0.252. The number of esters is 1. The number of aliphatic hydroxyl groups excluding tert-OH is 1. The van der Waals surface area contributed by atoms with Crippen molar-refractivity contribution in [3.8, 4) is 5.75 Å². The first-order valence-electron chi connectivity index (χ1n) is 10.7. The summed E-state index contributed by atoms with van der Waals surface area (Å²) >= 11 is 0. The first kappa shape index (κ1) is 23.7. The molecule has 1 heterocycles. The first-order chi connectivity index (χ1) is 16.8. The fourth-order valence-electron chi connectivity index (χ4n) is 4.11. The van der Waals surface area contributed by atoms with Gasteiger partial charge in [-0.05, 0) is 61.0 Å². The van der Waals surface area contributed by atoms with E-state index in [0.29, 0.717) is 17.0 Å². The van der Waals surface area contributed by atoms with Crippen LogP contribution >= 0.6 is 0 Å². The highest BCUT2D eigenvalue weighted by Crippen LogP contribution is 2.44. The Morgan fingerprint density at radius 1 is 0.971 bits per heavy atom. The number of benzene rings is 3. The molecule has 0 aliphatic carbocycles. The van der Waals surface area contributed by atoms with Crippen molar-refractivity contribution >= 4 is 29.1 Å². The number of carbonyl (C=O) groups is 3. The van der Waals surface area contributed by atoms with Gasteiger partial charge in [-0.2, -0.15) is 0 Å². The lowest BCUT2D eigenvalue weighted by molar-refractivity contribution is -0.132. The average molecular weight is 475 g/mol. The third kappa shape index (κ3) is 4.14. The molecule has 1 aliphatic rings. The van der Waals surface area contributed by atoms with Gasteiger partial charge < -0.3 is 14.6 Å². The van der Waals surface area contributed by atoms with Gasteiger partial charge in [0, 0.05) is 16.8 Å². The van der Waals surface area contributed by atoms with Crippen molar-refractivity contribution in [2.45, 2.75) is 13.0 Å². The summed E-state index contributed by atoms with van der Waals surface area (Å²) in [5, 5.41) is 11.2. The molecule has 178 valence electrons. The minimum Gasteiger partial charge on any atom is -0.507 e. The van der Waals surface area contributed by atoms with Crippen molar-refractivity contribution in [3.05, 3.63) is 100 Å². The Bertz CT molecular complexity index is 1360. The molecule has 0 radical (unpaired) electrons. The Balaban J connectivity index is 1.94. The van der Waals surface area contributed by atoms with Crippen LogP contribution in [-0.2, 0) is 14.3 Å². The highest BCUT2D eigenvalue weighted by atomic mass is 19.1. The Kier molecular flexibility index (Phi) is 6.38. The predicted octanol–water partition coefficient (Wildman–Crippen LogP) is 4.56. The van der Waals surface area contributed by atoms with Gasteiger partial charge in [-0.15, -0.1) is 0 Å². The minimum absolute atomic E-state index is 0.164. The molecule has 8 heteroatoms. The minimum atomic E-state index is -1.04. The van der Waals surface area contributed by atoms with Crippen LogP contribution in [0.4, 0.5) is 10.1 Å². The van der Waals surface area contributed by atoms with E-state index < -0.39 is 35.3 Å². The van der Waals surface area contributed by atoms with Gasteiger partial charge in [0.2, 0.25) is 0 Å². The van der Waals surface area contributed by atoms with Crippen LogP contribution in [0.15, 0.2) is 72.3 Å². The van der Waals surface area contributed by atoms with Crippen LogP contribution in [0.1, 0.15) is 33.1 Å². The molecule has 3 aromatic rings. The molecule has 4 rings (SSSR count). The summed E-state index contributed by atoms with van der Waals surface area (Å²) in [7, 11) is 2.72. The third-order valence-electron chi connectivity index (χ3n) is 5.88.